The molecule has 3 aromatic carbocycles. The van der Waals surface area contributed by atoms with Crippen molar-refractivity contribution in [3.8, 4) is 0 Å². The number of carbonyl (C=O) groups excluding carboxylic acids is 2. The van der Waals surface area contributed by atoms with Crippen molar-refractivity contribution in [1.29, 1.82) is 0 Å². The molecule has 0 aliphatic heterocycles. The molecule has 0 radical (unpaired) electrons. The van der Waals surface area contributed by atoms with Crippen molar-refractivity contribution in [3.63, 3.8) is 0 Å². The van der Waals surface area contributed by atoms with Crippen molar-refractivity contribution in [2.75, 3.05) is 12.4 Å². The molecule has 0 aromatic heterocycles. The van der Waals surface area contributed by atoms with E-state index in [9.17, 15) is 9.59 Å². The Labute approximate surface area is 159 Å². The van der Waals surface area contributed by atoms with Gasteiger partial charge in [-0.2, -0.15) is 0 Å². The Bertz CT molecular complexity index is 991. The van der Waals surface area contributed by atoms with Gasteiger partial charge in [0.05, 0.1) is 0 Å². The molecule has 27 heavy (non-hydrogen) atoms. The van der Waals surface area contributed by atoms with Gasteiger partial charge in [-0.25, -0.2) is 0 Å². The zero-order valence-electron chi connectivity index (χ0n) is 15.5. The molecule has 0 spiro atoms. The van der Waals surface area contributed by atoms with Gasteiger partial charge in [0.15, 0.2) is 0 Å². The fourth-order valence-corrected chi connectivity index (χ4v) is 2.86. The van der Waals surface area contributed by atoms with E-state index in [1.807, 2.05) is 36.4 Å². The van der Waals surface area contributed by atoms with E-state index in [4.69, 9.17) is 0 Å². The van der Waals surface area contributed by atoms with E-state index >= 15 is 0 Å². The van der Waals surface area contributed by atoms with Crippen molar-refractivity contribution in [2.24, 2.45) is 0 Å². The second kappa shape index (κ2) is 8.32. The maximum Gasteiger partial charge on any atom is 0.246 e. The van der Waals surface area contributed by atoms with E-state index in [1.165, 1.54) is 17.7 Å². The van der Waals surface area contributed by atoms with Crippen LogP contribution in [-0.2, 0) is 16.1 Å². The molecule has 0 bridgehead atoms. The number of benzene rings is 3. The molecule has 0 atom stereocenters. The first-order chi connectivity index (χ1) is 13.0. The van der Waals surface area contributed by atoms with Gasteiger partial charge in [-0.3, -0.25) is 9.59 Å². The van der Waals surface area contributed by atoms with E-state index in [2.05, 4.69) is 35.6 Å². The molecule has 3 aromatic rings. The number of nitrogens with one attached hydrogen (secondary N) is 1. The molecule has 0 unspecified atom stereocenters. The van der Waals surface area contributed by atoms with Crippen LogP contribution in [0.4, 0.5) is 5.69 Å². The summed E-state index contributed by atoms with van der Waals surface area (Å²) >= 11 is 0. The van der Waals surface area contributed by atoms with Crippen LogP contribution in [-0.4, -0.2) is 23.8 Å². The Balaban J connectivity index is 1.62. The first kappa shape index (κ1) is 18.4. The van der Waals surface area contributed by atoms with Gasteiger partial charge in [0.25, 0.3) is 0 Å². The smallest absolute Gasteiger partial charge is 0.246 e. The summed E-state index contributed by atoms with van der Waals surface area (Å²) in [5, 5.41) is 5.08. The van der Waals surface area contributed by atoms with E-state index in [0.29, 0.717) is 6.54 Å². The largest absolute Gasteiger partial charge is 0.338 e. The number of nitrogens with zero attached hydrogens (tertiary/aromatic N) is 1. The lowest BCUT2D eigenvalue weighted by Gasteiger charge is -2.15. The lowest BCUT2D eigenvalue weighted by atomic mass is 10.1. The van der Waals surface area contributed by atoms with Crippen molar-refractivity contribution in [1.82, 2.24) is 4.90 Å². The topological polar surface area (TPSA) is 49.4 Å². The van der Waals surface area contributed by atoms with Crippen LogP contribution in [0, 0.1) is 0 Å². The fraction of sp³-hybridized carbons (Fsp3) is 0.130. The highest BCUT2D eigenvalue weighted by atomic mass is 16.2. The molecule has 3 rings (SSSR count). The maximum absolute atomic E-state index is 12.4. The average Bonchev–Trinajstić information content (AvgIpc) is 2.66. The highest BCUT2D eigenvalue weighted by Crippen LogP contribution is 2.17. The third-order valence-electron chi connectivity index (χ3n) is 4.26. The molecule has 0 saturated heterocycles. The molecule has 4 nitrogen and oxygen atoms in total. The van der Waals surface area contributed by atoms with Crippen molar-refractivity contribution < 1.29 is 9.59 Å². The summed E-state index contributed by atoms with van der Waals surface area (Å²) in [5.41, 5.74) is 2.73. The fourth-order valence-electron chi connectivity index (χ4n) is 2.86. The Morgan fingerprint density at radius 2 is 1.67 bits per heavy atom. The van der Waals surface area contributed by atoms with Gasteiger partial charge >= 0.3 is 0 Å². The second-order valence-electron chi connectivity index (χ2n) is 6.51. The second-order valence-corrected chi connectivity index (χ2v) is 6.51. The summed E-state index contributed by atoms with van der Waals surface area (Å²) in [7, 11) is 1.79. The minimum absolute atomic E-state index is 0.0610. The van der Waals surface area contributed by atoms with Gasteiger partial charge in [0.1, 0.15) is 0 Å². The van der Waals surface area contributed by atoms with Crippen LogP contribution >= 0.6 is 0 Å². The molecular formula is C23H22N2O2. The van der Waals surface area contributed by atoms with Gasteiger partial charge < -0.3 is 10.2 Å². The number of anilines is 1. The number of rotatable bonds is 5. The lowest BCUT2D eigenvalue weighted by Crippen LogP contribution is -2.24. The number of amides is 2. The highest BCUT2D eigenvalue weighted by molar-refractivity contribution is 5.92. The van der Waals surface area contributed by atoms with Gasteiger partial charge in [-0.1, -0.05) is 48.5 Å². The number of hydrogen-bond acceptors (Lipinski definition) is 2. The van der Waals surface area contributed by atoms with Crippen molar-refractivity contribution in [3.05, 3.63) is 83.9 Å². The van der Waals surface area contributed by atoms with E-state index in [0.717, 1.165) is 16.8 Å². The van der Waals surface area contributed by atoms with Crippen molar-refractivity contribution >= 4 is 34.4 Å². The van der Waals surface area contributed by atoms with E-state index < -0.39 is 0 Å². The minimum Gasteiger partial charge on any atom is -0.338 e. The predicted octanol–water partition coefficient (Wildman–Crippen LogP) is 4.47. The summed E-state index contributed by atoms with van der Waals surface area (Å²) < 4.78 is 0. The molecule has 0 saturated carbocycles. The Kier molecular flexibility index (Phi) is 5.67. The molecule has 0 heterocycles. The normalized spacial score (nSPS) is 10.9. The lowest BCUT2D eigenvalue weighted by molar-refractivity contribution is -0.125. The highest BCUT2D eigenvalue weighted by Gasteiger charge is 2.06. The van der Waals surface area contributed by atoms with Crippen LogP contribution < -0.4 is 5.32 Å². The molecule has 0 fully saturated rings. The van der Waals surface area contributed by atoms with Crippen LogP contribution in [0.15, 0.2) is 72.8 Å². The molecule has 2 amide bonds. The Hall–Kier alpha value is -3.40. The minimum atomic E-state index is -0.108. The SMILES string of the molecule is CC(=O)Nc1ccc(C=CC(=O)N(C)Cc2ccc3ccccc3c2)cc1. The number of likely N-dealkylation sites (N-methyl/N-ethyl adjacent to an activating group) is 1. The molecule has 0 aliphatic carbocycles. The summed E-state index contributed by atoms with van der Waals surface area (Å²) in [4.78, 5) is 25.1. The average molecular weight is 358 g/mol. The standard InChI is InChI=1S/C23H22N2O2/c1-17(26)24-22-12-8-18(9-13-22)10-14-23(27)25(2)16-19-7-11-20-5-3-4-6-21(20)15-19/h3-15H,16H2,1-2H3,(H,24,26). The molecule has 1 N–H and O–H groups in total. The van der Waals surface area contributed by atoms with E-state index in [1.54, 1.807) is 24.1 Å². The summed E-state index contributed by atoms with van der Waals surface area (Å²) in [5.74, 6) is -0.169. The number of carbonyl (C=O) groups is 2. The first-order valence-electron chi connectivity index (χ1n) is 8.80. The quantitative estimate of drug-likeness (QED) is 0.684. The van der Waals surface area contributed by atoms with Gasteiger partial charge in [0, 0.05) is 32.3 Å². The zero-order chi connectivity index (χ0) is 19.2. The van der Waals surface area contributed by atoms with Gasteiger partial charge in [-0.15, -0.1) is 0 Å². The summed E-state index contributed by atoms with van der Waals surface area (Å²) in [6, 6.07) is 21.8. The number of hydrogen-bond donors (Lipinski definition) is 1. The van der Waals surface area contributed by atoms with E-state index in [-0.39, 0.29) is 11.8 Å². The van der Waals surface area contributed by atoms with Gasteiger partial charge in [-0.05, 0) is 46.2 Å². The predicted molar refractivity (Wildman–Crippen MR) is 110 cm³/mol. The third kappa shape index (κ3) is 5.05. The maximum atomic E-state index is 12.4. The third-order valence-corrected chi connectivity index (χ3v) is 4.26. The summed E-state index contributed by atoms with van der Waals surface area (Å²) in [6.07, 6.45) is 3.34. The van der Waals surface area contributed by atoms with Crippen molar-refractivity contribution in [2.45, 2.75) is 13.5 Å². The van der Waals surface area contributed by atoms with Gasteiger partial charge in [0.2, 0.25) is 11.8 Å². The molecular weight excluding hydrogens is 336 g/mol. The molecule has 0 aliphatic rings. The Morgan fingerprint density at radius 1 is 0.963 bits per heavy atom. The van der Waals surface area contributed by atoms with Crippen LogP contribution in [0.3, 0.4) is 0 Å². The number of fused-ring (bicyclic) bond motifs is 1. The van der Waals surface area contributed by atoms with Crippen LogP contribution in [0.5, 0.6) is 0 Å². The molecule has 136 valence electrons. The monoisotopic (exact) mass is 358 g/mol. The van der Waals surface area contributed by atoms with Crippen LogP contribution in [0.25, 0.3) is 16.8 Å². The summed E-state index contributed by atoms with van der Waals surface area (Å²) in [6.45, 7) is 2.02. The zero-order valence-corrected chi connectivity index (χ0v) is 15.5. The Morgan fingerprint density at radius 3 is 2.37 bits per heavy atom. The first-order valence-corrected chi connectivity index (χ1v) is 8.80. The van der Waals surface area contributed by atoms with Crippen LogP contribution in [0.1, 0.15) is 18.1 Å². The molecule has 4 heteroatoms. The van der Waals surface area contributed by atoms with Crippen LogP contribution in [0.2, 0.25) is 0 Å².